The van der Waals surface area contributed by atoms with Crippen LogP contribution in [0.4, 0.5) is 10.8 Å². The van der Waals surface area contributed by atoms with Crippen LogP contribution in [0.2, 0.25) is 0 Å². The number of rotatable bonds is 5. The molecule has 0 radical (unpaired) electrons. The number of thiazole rings is 1. The maximum atomic E-state index is 12.5. The first-order valence-corrected chi connectivity index (χ1v) is 10.5. The molecule has 1 saturated heterocycles. The Balaban J connectivity index is 1.36. The molecule has 1 N–H and O–H groups in total. The lowest BCUT2D eigenvalue weighted by Crippen LogP contribution is -2.43. The van der Waals surface area contributed by atoms with E-state index in [1.807, 2.05) is 17.5 Å². The Morgan fingerprint density at radius 2 is 2.25 bits per heavy atom. The Bertz CT molecular complexity index is 869. The van der Waals surface area contributed by atoms with Crippen LogP contribution in [0.1, 0.15) is 25.5 Å². The third-order valence-electron chi connectivity index (χ3n) is 5.03. The minimum absolute atomic E-state index is 0.0556. The predicted octanol–water partition coefficient (Wildman–Crippen LogP) is 2.74. The Labute approximate surface area is 168 Å². The molecule has 2 aromatic rings. The molecule has 7 nitrogen and oxygen atoms in total. The molecule has 3 heterocycles. The van der Waals surface area contributed by atoms with E-state index in [0.29, 0.717) is 16.6 Å². The normalized spacial score (nSPS) is 19.8. The van der Waals surface area contributed by atoms with Crippen molar-refractivity contribution in [1.29, 1.82) is 0 Å². The number of hydrogen-bond donors (Lipinski definition) is 1. The summed E-state index contributed by atoms with van der Waals surface area (Å²) in [6, 6.07) is 7.23. The van der Waals surface area contributed by atoms with Crippen LogP contribution in [0.25, 0.3) is 0 Å². The maximum absolute atomic E-state index is 12.5. The summed E-state index contributed by atoms with van der Waals surface area (Å²) in [6.45, 7) is 5.17. The summed E-state index contributed by atoms with van der Waals surface area (Å²) < 4.78 is 5.41. The highest BCUT2D eigenvalue weighted by atomic mass is 32.1. The van der Waals surface area contributed by atoms with Crippen molar-refractivity contribution in [2.24, 2.45) is 5.92 Å². The number of ether oxygens (including phenoxy) is 1. The molecule has 1 aromatic carbocycles. The van der Waals surface area contributed by atoms with E-state index in [0.717, 1.165) is 31.2 Å². The van der Waals surface area contributed by atoms with Gasteiger partial charge in [0.05, 0.1) is 11.4 Å². The number of para-hydroxylation sites is 2. The standard InChI is InChI=1S/C20H24N4O3S/c1-14-5-4-8-23(9-14)10-15-13-28-20(21-15)22-18(25)11-24-16-6-2-3-7-17(16)27-12-19(24)26/h2-3,6-7,13-14H,4-5,8-12H2,1H3,(H,21,22,25). The number of hydrogen-bond acceptors (Lipinski definition) is 6. The number of benzene rings is 1. The zero-order chi connectivity index (χ0) is 19.5. The molecule has 0 aliphatic carbocycles. The van der Waals surface area contributed by atoms with E-state index >= 15 is 0 Å². The molecule has 148 valence electrons. The second kappa shape index (κ2) is 8.28. The third kappa shape index (κ3) is 4.34. The SMILES string of the molecule is CC1CCCN(Cc2csc(NC(=O)CN3C(=O)COc4ccccc43)n2)C1. The van der Waals surface area contributed by atoms with Gasteiger partial charge in [0.1, 0.15) is 12.3 Å². The van der Waals surface area contributed by atoms with Crippen LogP contribution in [0, 0.1) is 5.92 Å². The minimum Gasteiger partial charge on any atom is -0.482 e. The van der Waals surface area contributed by atoms with Crippen LogP contribution in [0.5, 0.6) is 5.75 Å². The first-order valence-electron chi connectivity index (χ1n) is 9.57. The topological polar surface area (TPSA) is 74.8 Å². The Hall–Kier alpha value is -2.45. The van der Waals surface area contributed by atoms with Gasteiger partial charge in [-0.2, -0.15) is 0 Å². The lowest BCUT2D eigenvalue weighted by atomic mass is 10.0. The fraction of sp³-hybridized carbons (Fsp3) is 0.450. The molecule has 1 aromatic heterocycles. The van der Waals surface area contributed by atoms with E-state index in [2.05, 4.69) is 22.1 Å². The quantitative estimate of drug-likeness (QED) is 0.835. The molecule has 1 fully saturated rings. The summed E-state index contributed by atoms with van der Waals surface area (Å²) >= 11 is 1.42. The monoisotopic (exact) mass is 400 g/mol. The molecule has 0 spiro atoms. The fourth-order valence-corrected chi connectivity index (χ4v) is 4.44. The van der Waals surface area contributed by atoms with Crippen molar-refractivity contribution in [1.82, 2.24) is 9.88 Å². The van der Waals surface area contributed by atoms with Crippen LogP contribution in [0.15, 0.2) is 29.6 Å². The van der Waals surface area contributed by atoms with Crippen molar-refractivity contribution in [3.8, 4) is 5.75 Å². The first-order chi connectivity index (χ1) is 13.6. The summed E-state index contributed by atoms with van der Waals surface area (Å²) in [5.41, 5.74) is 1.59. The Morgan fingerprint density at radius 3 is 3.11 bits per heavy atom. The van der Waals surface area contributed by atoms with Gasteiger partial charge in [0, 0.05) is 18.5 Å². The average Bonchev–Trinajstić information content (AvgIpc) is 3.11. The number of nitrogens with zero attached hydrogens (tertiary/aromatic N) is 3. The lowest BCUT2D eigenvalue weighted by Gasteiger charge is -2.30. The summed E-state index contributed by atoms with van der Waals surface area (Å²) in [7, 11) is 0. The Morgan fingerprint density at radius 1 is 1.39 bits per heavy atom. The molecule has 1 unspecified atom stereocenters. The summed E-state index contributed by atoms with van der Waals surface area (Å²) in [6.07, 6.45) is 2.52. The van der Waals surface area contributed by atoms with E-state index in [-0.39, 0.29) is 25.0 Å². The lowest BCUT2D eigenvalue weighted by molar-refractivity contribution is -0.123. The highest BCUT2D eigenvalue weighted by molar-refractivity contribution is 7.13. The van der Waals surface area contributed by atoms with Gasteiger partial charge in [-0.25, -0.2) is 4.98 Å². The van der Waals surface area contributed by atoms with Crippen molar-refractivity contribution in [3.63, 3.8) is 0 Å². The summed E-state index contributed by atoms with van der Waals surface area (Å²) in [4.78, 5) is 33.1. The van der Waals surface area contributed by atoms with Gasteiger partial charge in [-0.05, 0) is 37.4 Å². The van der Waals surface area contributed by atoms with E-state index in [1.54, 1.807) is 12.1 Å². The number of fused-ring (bicyclic) bond motifs is 1. The van der Waals surface area contributed by atoms with Crippen molar-refractivity contribution in [3.05, 3.63) is 35.3 Å². The van der Waals surface area contributed by atoms with Gasteiger partial charge in [-0.15, -0.1) is 11.3 Å². The van der Waals surface area contributed by atoms with Crippen LogP contribution >= 0.6 is 11.3 Å². The molecule has 2 amide bonds. The van der Waals surface area contributed by atoms with Crippen molar-refractivity contribution in [2.75, 3.05) is 36.5 Å². The van der Waals surface area contributed by atoms with Gasteiger partial charge in [0.2, 0.25) is 5.91 Å². The minimum atomic E-state index is -0.266. The largest absolute Gasteiger partial charge is 0.482 e. The second-order valence-corrected chi connectivity index (χ2v) is 8.27. The molecule has 0 saturated carbocycles. The molecule has 0 bridgehead atoms. The summed E-state index contributed by atoms with van der Waals surface area (Å²) in [5.74, 6) is 0.841. The number of amides is 2. The number of nitrogens with one attached hydrogen (secondary N) is 1. The number of carbonyl (C=O) groups excluding carboxylic acids is 2. The smallest absolute Gasteiger partial charge is 0.265 e. The predicted molar refractivity (Wildman–Crippen MR) is 109 cm³/mol. The van der Waals surface area contributed by atoms with Gasteiger partial charge < -0.3 is 10.1 Å². The van der Waals surface area contributed by atoms with Crippen LogP contribution in [0.3, 0.4) is 0 Å². The highest BCUT2D eigenvalue weighted by Gasteiger charge is 2.27. The van der Waals surface area contributed by atoms with Gasteiger partial charge in [0.15, 0.2) is 11.7 Å². The second-order valence-electron chi connectivity index (χ2n) is 7.41. The molecular weight excluding hydrogens is 376 g/mol. The van der Waals surface area contributed by atoms with E-state index in [9.17, 15) is 9.59 Å². The third-order valence-corrected chi connectivity index (χ3v) is 5.84. The molecule has 1 atom stereocenters. The van der Waals surface area contributed by atoms with Crippen LogP contribution < -0.4 is 15.0 Å². The van der Waals surface area contributed by atoms with Crippen molar-refractivity contribution < 1.29 is 14.3 Å². The summed E-state index contributed by atoms with van der Waals surface area (Å²) in [5, 5.41) is 5.38. The number of piperidine rings is 1. The molecule has 2 aliphatic heterocycles. The Kier molecular flexibility index (Phi) is 5.59. The molecule has 8 heteroatoms. The molecule has 2 aliphatic rings. The maximum Gasteiger partial charge on any atom is 0.265 e. The van der Waals surface area contributed by atoms with Gasteiger partial charge in [-0.1, -0.05) is 19.1 Å². The number of anilines is 2. The number of aromatic nitrogens is 1. The van der Waals surface area contributed by atoms with E-state index in [1.165, 1.54) is 29.1 Å². The molecule has 4 rings (SSSR count). The van der Waals surface area contributed by atoms with E-state index in [4.69, 9.17) is 4.74 Å². The van der Waals surface area contributed by atoms with Gasteiger partial charge in [-0.3, -0.25) is 19.4 Å². The molecule has 28 heavy (non-hydrogen) atoms. The number of likely N-dealkylation sites (tertiary alicyclic amines) is 1. The fourth-order valence-electron chi connectivity index (χ4n) is 3.73. The average molecular weight is 401 g/mol. The van der Waals surface area contributed by atoms with Crippen molar-refractivity contribution in [2.45, 2.75) is 26.3 Å². The highest BCUT2D eigenvalue weighted by Crippen LogP contribution is 2.31. The van der Waals surface area contributed by atoms with Crippen LogP contribution in [-0.2, 0) is 16.1 Å². The van der Waals surface area contributed by atoms with E-state index < -0.39 is 0 Å². The van der Waals surface area contributed by atoms with Gasteiger partial charge in [0.25, 0.3) is 5.91 Å². The van der Waals surface area contributed by atoms with Crippen molar-refractivity contribution >= 4 is 34.0 Å². The first kappa shape index (κ1) is 18.9. The number of carbonyl (C=O) groups is 2. The van der Waals surface area contributed by atoms with Gasteiger partial charge >= 0.3 is 0 Å². The van der Waals surface area contributed by atoms with Crippen LogP contribution in [-0.4, -0.2) is 47.9 Å². The molecular formula is C20H24N4O3S. The zero-order valence-corrected chi connectivity index (χ0v) is 16.7. The zero-order valence-electron chi connectivity index (χ0n) is 15.9.